The zero-order valence-electron chi connectivity index (χ0n) is 10.0. The van der Waals surface area contributed by atoms with E-state index in [2.05, 4.69) is 13.8 Å². The molecule has 0 aliphatic rings. The summed E-state index contributed by atoms with van der Waals surface area (Å²) in [5.41, 5.74) is 5.92. The molecule has 0 radical (unpaired) electrons. The Bertz CT molecular complexity index is 137. The van der Waals surface area contributed by atoms with Crippen LogP contribution in [-0.2, 0) is 9.47 Å². The summed E-state index contributed by atoms with van der Waals surface area (Å²) in [6.45, 7) is 4.99. The summed E-state index contributed by atoms with van der Waals surface area (Å²) in [6.07, 6.45) is 4.11. The molecular formula is C11H25NO2. The topological polar surface area (TPSA) is 44.5 Å². The lowest BCUT2D eigenvalue weighted by Crippen LogP contribution is -2.28. The first kappa shape index (κ1) is 13.9. The molecule has 2 N–H and O–H groups in total. The van der Waals surface area contributed by atoms with Crippen LogP contribution in [0.15, 0.2) is 0 Å². The number of ether oxygens (including phenoxy) is 2. The molecule has 0 heterocycles. The molecule has 0 aromatic carbocycles. The summed E-state index contributed by atoms with van der Waals surface area (Å²) in [5, 5.41) is 0. The van der Waals surface area contributed by atoms with Gasteiger partial charge in [0.25, 0.3) is 0 Å². The van der Waals surface area contributed by atoms with E-state index in [-0.39, 0.29) is 11.6 Å². The predicted octanol–water partition coefficient (Wildman–Crippen LogP) is 1.95. The molecule has 0 saturated heterocycles. The lowest BCUT2D eigenvalue weighted by Gasteiger charge is -2.24. The normalized spacial score (nSPS) is 14.4. The maximum atomic E-state index is 5.97. The quantitative estimate of drug-likeness (QED) is 0.613. The molecule has 0 bridgehead atoms. The maximum absolute atomic E-state index is 5.97. The number of hydrogen-bond acceptors (Lipinski definition) is 3. The van der Waals surface area contributed by atoms with Gasteiger partial charge >= 0.3 is 0 Å². The second kappa shape index (κ2) is 7.21. The van der Waals surface area contributed by atoms with Crippen molar-refractivity contribution >= 4 is 0 Å². The molecule has 0 aliphatic carbocycles. The fourth-order valence-electron chi connectivity index (χ4n) is 1.27. The molecule has 1 unspecified atom stereocenters. The van der Waals surface area contributed by atoms with Crippen molar-refractivity contribution in [3.63, 3.8) is 0 Å². The molecule has 0 aromatic heterocycles. The molecule has 0 fully saturated rings. The van der Waals surface area contributed by atoms with E-state index in [0.29, 0.717) is 0 Å². The molecule has 3 heteroatoms. The Balaban J connectivity index is 3.48. The van der Waals surface area contributed by atoms with E-state index < -0.39 is 0 Å². The molecule has 86 valence electrons. The summed E-state index contributed by atoms with van der Waals surface area (Å²) < 4.78 is 10.3. The van der Waals surface area contributed by atoms with Crippen molar-refractivity contribution < 1.29 is 9.47 Å². The van der Waals surface area contributed by atoms with Crippen molar-refractivity contribution in [1.29, 1.82) is 0 Å². The Labute approximate surface area is 88.0 Å². The van der Waals surface area contributed by atoms with Crippen LogP contribution in [0.5, 0.6) is 0 Å². The third-order valence-corrected chi connectivity index (χ3v) is 2.59. The van der Waals surface area contributed by atoms with E-state index in [4.69, 9.17) is 15.2 Å². The van der Waals surface area contributed by atoms with Crippen LogP contribution in [-0.4, -0.2) is 32.5 Å². The molecule has 0 amide bonds. The third-order valence-electron chi connectivity index (χ3n) is 2.59. The van der Waals surface area contributed by atoms with E-state index in [1.807, 2.05) is 0 Å². The molecule has 0 rings (SSSR count). The minimum atomic E-state index is -0.0428. The van der Waals surface area contributed by atoms with Gasteiger partial charge in [0, 0.05) is 26.9 Å². The zero-order chi connectivity index (χ0) is 11.0. The van der Waals surface area contributed by atoms with E-state index in [9.17, 15) is 0 Å². The van der Waals surface area contributed by atoms with Crippen molar-refractivity contribution in [2.75, 3.05) is 20.8 Å². The van der Waals surface area contributed by atoms with Crippen LogP contribution >= 0.6 is 0 Å². The molecule has 0 aliphatic heterocycles. The summed E-state index contributed by atoms with van der Waals surface area (Å²) >= 11 is 0. The summed E-state index contributed by atoms with van der Waals surface area (Å²) in [4.78, 5) is 0. The standard InChI is InChI=1S/C11H25NO2/c1-11(2,14-4)8-7-10(12)6-5-9-13-3/h10H,5-9,12H2,1-4H3. The van der Waals surface area contributed by atoms with E-state index in [1.54, 1.807) is 14.2 Å². The van der Waals surface area contributed by atoms with Gasteiger partial charge in [-0.2, -0.15) is 0 Å². The van der Waals surface area contributed by atoms with Crippen molar-refractivity contribution in [1.82, 2.24) is 0 Å². The van der Waals surface area contributed by atoms with Crippen LogP contribution < -0.4 is 5.73 Å². The van der Waals surface area contributed by atoms with Gasteiger partial charge < -0.3 is 15.2 Å². The van der Waals surface area contributed by atoms with E-state index >= 15 is 0 Å². The first-order valence-electron chi connectivity index (χ1n) is 5.31. The third kappa shape index (κ3) is 7.30. The van der Waals surface area contributed by atoms with Crippen molar-refractivity contribution in [3.05, 3.63) is 0 Å². The van der Waals surface area contributed by atoms with Crippen LogP contribution in [0.2, 0.25) is 0 Å². The Kier molecular flexibility index (Phi) is 7.15. The van der Waals surface area contributed by atoms with Crippen LogP contribution in [0.4, 0.5) is 0 Å². The largest absolute Gasteiger partial charge is 0.385 e. The van der Waals surface area contributed by atoms with E-state index in [0.717, 1.165) is 32.3 Å². The molecule has 1 atom stereocenters. The first-order chi connectivity index (χ1) is 6.52. The summed E-state index contributed by atoms with van der Waals surface area (Å²) in [7, 11) is 3.47. The van der Waals surface area contributed by atoms with Gasteiger partial charge in [-0.05, 0) is 39.5 Å². The van der Waals surface area contributed by atoms with Gasteiger partial charge in [-0.3, -0.25) is 0 Å². The van der Waals surface area contributed by atoms with Crippen LogP contribution in [0, 0.1) is 0 Å². The summed E-state index contributed by atoms with van der Waals surface area (Å²) in [6, 6.07) is 0.277. The highest BCUT2D eigenvalue weighted by atomic mass is 16.5. The van der Waals surface area contributed by atoms with Gasteiger partial charge in [-0.15, -0.1) is 0 Å². The fourth-order valence-corrected chi connectivity index (χ4v) is 1.27. The highest BCUT2D eigenvalue weighted by Gasteiger charge is 2.17. The van der Waals surface area contributed by atoms with Crippen LogP contribution in [0.3, 0.4) is 0 Å². The first-order valence-corrected chi connectivity index (χ1v) is 5.31. The van der Waals surface area contributed by atoms with Gasteiger partial charge in [-0.1, -0.05) is 0 Å². The molecular weight excluding hydrogens is 178 g/mol. The highest BCUT2D eigenvalue weighted by Crippen LogP contribution is 2.17. The van der Waals surface area contributed by atoms with Gasteiger partial charge in [-0.25, -0.2) is 0 Å². The van der Waals surface area contributed by atoms with Gasteiger partial charge in [0.05, 0.1) is 5.60 Å². The second-order valence-corrected chi connectivity index (χ2v) is 4.40. The lowest BCUT2D eigenvalue weighted by molar-refractivity contribution is 0.0122. The number of hydrogen-bond donors (Lipinski definition) is 1. The number of methoxy groups -OCH3 is 2. The second-order valence-electron chi connectivity index (χ2n) is 4.40. The van der Waals surface area contributed by atoms with Crippen molar-refractivity contribution in [3.8, 4) is 0 Å². The molecule has 14 heavy (non-hydrogen) atoms. The Morgan fingerprint density at radius 3 is 2.36 bits per heavy atom. The van der Waals surface area contributed by atoms with Gasteiger partial charge in [0.15, 0.2) is 0 Å². The van der Waals surface area contributed by atoms with Gasteiger partial charge in [0.1, 0.15) is 0 Å². The van der Waals surface area contributed by atoms with Crippen LogP contribution in [0.1, 0.15) is 39.5 Å². The van der Waals surface area contributed by atoms with E-state index in [1.165, 1.54) is 0 Å². The molecule has 0 aromatic rings. The van der Waals surface area contributed by atoms with Crippen molar-refractivity contribution in [2.24, 2.45) is 5.73 Å². The highest BCUT2D eigenvalue weighted by molar-refractivity contribution is 4.72. The molecule has 0 spiro atoms. The Hall–Kier alpha value is -0.120. The maximum Gasteiger partial charge on any atom is 0.0623 e. The van der Waals surface area contributed by atoms with Crippen LogP contribution in [0.25, 0.3) is 0 Å². The number of nitrogens with two attached hydrogens (primary N) is 1. The monoisotopic (exact) mass is 203 g/mol. The smallest absolute Gasteiger partial charge is 0.0623 e. The van der Waals surface area contributed by atoms with Gasteiger partial charge in [0.2, 0.25) is 0 Å². The minimum absolute atomic E-state index is 0.0428. The Morgan fingerprint density at radius 1 is 1.21 bits per heavy atom. The lowest BCUT2D eigenvalue weighted by atomic mass is 9.97. The SMILES string of the molecule is COCCCC(N)CCC(C)(C)OC. The average molecular weight is 203 g/mol. The van der Waals surface area contributed by atoms with Crippen molar-refractivity contribution in [2.45, 2.75) is 51.2 Å². The summed E-state index contributed by atoms with van der Waals surface area (Å²) in [5.74, 6) is 0. The predicted molar refractivity (Wildman–Crippen MR) is 59.4 cm³/mol. The number of rotatable bonds is 8. The fraction of sp³-hybridized carbons (Fsp3) is 1.00. The zero-order valence-corrected chi connectivity index (χ0v) is 10.0. The Morgan fingerprint density at radius 2 is 1.86 bits per heavy atom. The molecule has 0 saturated carbocycles. The minimum Gasteiger partial charge on any atom is -0.385 e. The molecule has 3 nitrogen and oxygen atoms in total. The average Bonchev–Trinajstić information content (AvgIpc) is 2.16.